The van der Waals surface area contributed by atoms with Crippen molar-refractivity contribution in [1.82, 2.24) is 0 Å². The number of halogens is 2. The van der Waals surface area contributed by atoms with Gasteiger partial charge in [-0.15, -0.1) is 44.8 Å². The average molecular weight is 1350 g/mol. The SMILES string of the molecule is [CH3-].[CH3-].[Cl-].[Cl-].[Si]=[Zr].c1ccc2c(-c3ccc(-c4c5ccccc5cc5ccccc45)c4[cH-]c(CC5CCCCC5)cc34)c3ccccc3cc2c1.c1ccc2c(-c3ccc(-c4c5ccccc5cc5ccccc45)c4[cH-]c(CC5CCCCC5)cc34)c3ccccc3cc2c1. The Morgan fingerprint density at radius 2 is 0.479 bits per heavy atom. The van der Waals surface area contributed by atoms with Crippen molar-refractivity contribution in [2.24, 2.45) is 11.8 Å². The van der Waals surface area contributed by atoms with Gasteiger partial charge in [-0.05, 0) is 157 Å². The van der Waals surface area contributed by atoms with Crippen LogP contribution in [0.5, 0.6) is 0 Å². The zero-order valence-electron chi connectivity index (χ0n) is 53.8. The molecule has 0 spiro atoms. The van der Waals surface area contributed by atoms with Gasteiger partial charge < -0.3 is 39.7 Å². The van der Waals surface area contributed by atoms with Gasteiger partial charge >= 0.3 is 30.2 Å². The van der Waals surface area contributed by atoms with Crippen LogP contribution in [-0.2, 0) is 36.2 Å². The van der Waals surface area contributed by atoms with E-state index in [2.05, 4.69) is 274 Å². The number of hydrogen-bond acceptors (Lipinski definition) is 0. The van der Waals surface area contributed by atoms with Gasteiger partial charge in [0.05, 0.1) is 0 Å². The van der Waals surface area contributed by atoms with Gasteiger partial charge in [0.25, 0.3) is 0 Å². The zero-order valence-corrected chi connectivity index (χ0v) is 58.8. The number of rotatable bonds is 8. The monoisotopic (exact) mass is 1340 g/mol. The van der Waals surface area contributed by atoms with Crippen LogP contribution >= 0.6 is 0 Å². The molecule has 0 aliphatic heterocycles. The molecular weight excluding hydrogens is 1270 g/mol. The normalized spacial score (nSPS) is 13.5. The Hall–Kier alpha value is -7.94. The summed E-state index contributed by atoms with van der Waals surface area (Å²) < 4.78 is 0. The van der Waals surface area contributed by atoms with E-state index in [1.54, 1.807) is 0 Å². The van der Waals surface area contributed by atoms with Gasteiger partial charge in [0.2, 0.25) is 0 Å². The van der Waals surface area contributed by atoms with E-state index < -0.39 is 0 Å². The summed E-state index contributed by atoms with van der Waals surface area (Å²) >= 11 is 1.36. The molecule has 2 fully saturated rings. The minimum Gasteiger partial charge on any atom is -0.164 e. The van der Waals surface area contributed by atoms with Crippen molar-refractivity contribution in [2.75, 3.05) is 0 Å². The van der Waals surface area contributed by atoms with Gasteiger partial charge in [-0.1, -0.05) is 305 Å². The summed E-state index contributed by atoms with van der Waals surface area (Å²) in [5.41, 5.74) is 13.8. The predicted molar refractivity (Wildman–Crippen MR) is 400 cm³/mol. The minimum atomic E-state index is 0. The molecule has 18 rings (SSSR count). The Balaban J connectivity index is 0.000000169. The Morgan fingerprint density at radius 1 is 0.266 bits per heavy atom. The minimum absolute atomic E-state index is 0. The second-order valence-corrected chi connectivity index (χ2v) is 25.9. The van der Waals surface area contributed by atoms with E-state index in [4.69, 9.17) is 0 Å². The molecule has 0 saturated heterocycles. The molecule has 16 aromatic carbocycles. The summed E-state index contributed by atoms with van der Waals surface area (Å²) in [6, 6.07) is 101. The molecule has 0 atom stereocenters. The second kappa shape index (κ2) is 29.0. The maximum Gasteiger partial charge on any atom is -0.0107 e. The third-order valence-corrected chi connectivity index (χ3v) is 20.6. The summed E-state index contributed by atoms with van der Waals surface area (Å²) in [6.45, 7) is 3.06. The Kier molecular flexibility index (Phi) is 20.4. The van der Waals surface area contributed by atoms with E-state index >= 15 is 0 Å². The van der Waals surface area contributed by atoms with E-state index in [-0.39, 0.29) is 39.7 Å². The first kappa shape index (κ1) is 66.1. The summed E-state index contributed by atoms with van der Waals surface area (Å²) in [6.07, 6.45) is 16.1. The first-order valence-electron chi connectivity index (χ1n) is 33.0. The van der Waals surface area contributed by atoms with Crippen LogP contribution in [0.25, 0.3) is 152 Å². The molecule has 0 nitrogen and oxygen atoms in total. The van der Waals surface area contributed by atoms with Crippen LogP contribution in [0.2, 0.25) is 0 Å². The molecule has 464 valence electrons. The van der Waals surface area contributed by atoms with Gasteiger partial charge in [-0.2, -0.15) is 12.1 Å². The number of hydrogen-bond donors (Lipinski definition) is 0. The third kappa shape index (κ3) is 12.2. The van der Waals surface area contributed by atoms with E-state index in [1.165, 1.54) is 264 Å². The number of benzene rings is 14. The van der Waals surface area contributed by atoms with Crippen LogP contribution in [0, 0.1) is 26.7 Å². The molecule has 16 aromatic rings. The van der Waals surface area contributed by atoms with Crippen molar-refractivity contribution in [1.29, 1.82) is 0 Å². The molecule has 2 aliphatic rings. The summed E-state index contributed by atoms with van der Waals surface area (Å²) in [7, 11) is 0. The van der Waals surface area contributed by atoms with E-state index in [1.807, 2.05) is 0 Å². The molecule has 2 aliphatic carbocycles. The van der Waals surface area contributed by atoms with Gasteiger partial charge in [-0.25, -0.2) is 0 Å². The smallest absolute Gasteiger partial charge is 0.0107 e. The van der Waals surface area contributed by atoms with Crippen molar-refractivity contribution in [2.45, 2.75) is 77.0 Å². The quantitative estimate of drug-likeness (QED) is 0.0808. The Bertz CT molecular complexity index is 4540. The molecule has 4 heteroatoms. The fraction of sp³-hybridized carbons (Fsp3) is 0.156. The molecular formula is C90H76Cl2SiZr-6. The van der Waals surface area contributed by atoms with Crippen LogP contribution in [-0.4, -0.2) is 6.88 Å². The van der Waals surface area contributed by atoms with Gasteiger partial charge in [0.15, 0.2) is 0 Å². The Labute approximate surface area is 584 Å². The largest absolute Gasteiger partial charge is 0.164 e. The maximum absolute atomic E-state index is 3.06. The zero-order chi connectivity index (χ0) is 60.1. The molecule has 94 heavy (non-hydrogen) atoms. The molecule has 0 unspecified atom stereocenters. The van der Waals surface area contributed by atoms with Crippen LogP contribution in [0.15, 0.2) is 267 Å². The van der Waals surface area contributed by atoms with Crippen molar-refractivity contribution in [3.05, 3.63) is 293 Å². The summed E-state index contributed by atoms with van der Waals surface area (Å²) in [4.78, 5) is 0. The standard InChI is InChI=1S/2C44H35.2CH3.2ClH.Si.Zr/c2*1-2-12-29(13-3-1)24-30-25-41-39(43-35-18-8-4-14-31(35)27-32-15-5-9-19-36(32)43)22-23-40(42(41)26-30)44-37-20-10-6-16-33(37)28-34-17-7-11-21-38(34)44;;;;;;/h2*4-11,14-23,25-29H,1-3,12-13,24H2;2*1H3;2*1H;;/q4*-1;;;;/p-2. The van der Waals surface area contributed by atoms with Crippen LogP contribution in [0.4, 0.5) is 0 Å². The first-order chi connectivity index (χ1) is 44.6. The summed E-state index contributed by atoms with van der Waals surface area (Å²) in [5.74, 6) is 1.59. The molecule has 0 amide bonds. The van der Waals surface area contributed by atoms with E-state index in [0.717, 1.165) is 11.8 Å². The van der Waals surface area contributed by atoms with Crippen LogP contribution < -0.4 is 24.8 Å². The molecule has 0 bridgehead atoms. The fourth-order valence-corrected chi connectivity index (χ4v) is 16.5. The van der Waals surface area contributed by atoms with E-state index in [9.17, 15) is 0 Å². The molecule has 0 aromatic heterocycles. The average Bonchev–Trinajstić information content (AvgIpc) is 1.34. The van der Waals surface area contributed by atoms with E-state index in [0.29, 0.717) is 0 Å². The third-order valence-electron chi connectivity index (χ3n) is 20.6. The van der Waals surface area contributed by atoms with Crippen molar-refractivity contribution in [3.8, 4) is 44.5 Å². The van der Waals surface area contributed by atoms with Crippen molar-refractivity contribution < 1.29 is 48.1 Å². The molecule has 0 heterocycles. The van der Waals surface area contributed by atoms with Gasteiger partial charge in [-0.3, -0.25) is 0 Å². The van der Waals surface area contributed by atoms with Crippen molar-refractivity contribution >= 4 is 115 Å². The molecule has 2 saturated carbocycles. The van der Waals surface area contributed by atoms with Crippen molar-refractivity contribution in [3.63, 3.8) is 0 Å². The summed E-state index contributed by atoms with van der Waals surface area (Å²) in [5, 5.41) is 26.5. The molecule has 2 radical (unpaired) electrons. The fourth-order valence-electron chi connectivity index (χ4n) is 16.5. The van der Waals surface area contributed by atoms with Crippen LogP contribution in [0.3, 0.4) is 0 Å². The molecule has 0 N–H and O–H groups in total. The maximum atomic E-state index is 3.06. The van der Waals surface area contributed by atoms with Gasteiger partial charge in [0.1, 0.15) is 0 Å². The van der Waals surface area contributed by atoms with Crippen LogP contribution in [0.1, 0.15) is 75.3 Å². The second-order valence-electron chi connectivity index (χ2n) is 25.9. The number of fused-ring (bicyclic) bond motifs is 10. The first-order valence-corrected chi connectivity index (χ1v) is 37.2. The topological polar surface area (TPSA) is 0 Å². The van der Waals surface area contributed by atoms with Gasteiger partial charge in [0, 0.05) is 0 Å². The Morgan fingerprint density at radius 3 is 0.723 bits per heavy atom. The predicted octanol–water partition coefficient (Wildman–Crippen LogP) is 19.8.